The van der Waals surface area contributed by atoms with Crippen LogP contribution in [0.3, 0.4) is 0 Å². The number of rotatable bonds is 0. The monoisotopic (exact) mass is 288 g/mol. The van der Waals surface area contributed by atoms with Crippen LogP contribution in [0, 0.1) is 28.6 Å². The van der Waals surface area contributed by atoms with Crippen LogP contribution in [-0.2, 0) is 4.79 Å². The van der Waals surface area contributed by atoms with Gasteiger partial charge < -0.3 is 5.11 Å². The molecule has 1 N–H and O–H groups in total. The van der Waals surface area contributed by atoms with Crippen LogP contribution in [0.4, 0.5) is 0 Å². The van der Waals surface area contributed by atoms with Crippen LogP contribution in [0.2, 0.25) is 0 Å². The van der Waals surface area contributed by atoms with Gasteiger partial charge >= 0.3 is 0 Å². The average molecular weight is 288 g/mol. The lowest BCUT2D eigenvalue weighted by Crippen LogP contribution is -2.49. The van der Waals surface area contributed by atoms with Crippen molar-refractivity contribution in [1.82, 2.24) is 0 Å². The molecule has 2 heteroatoms. The molecule has 6 atom stereocenters. The first-order chi connectivity index (χ1) is 9.97. The van der Waals surface area contributed by atoms with Gasteiger partial charge in [-0.25, -0.2) is 0 Å². The summed E-state index contributed by atoms with van der Waals surface area (Å²) in [6.45, 7) is 4.62. The summed E-state index contributed by atoms with van der Waals surface area (Å²) in [5, 5.41) is 10.1. The maximum Gasteiger partial charge on any atom is 0.167 e. The number of carbonyl (C=O) groups excluding carboxylic acids is 1. The van der Waals surface area contributed by atoms with Gasteiger partial charge in [0.2, 0.25) is 0 Å². The number of aliphatic hydroxyl groups is 1. The summed E-state index contributed by atoms with van der Waals surface area (Å²) in [6.07, 6.45) is 11.2. The van der Waals surface area contributed by atoms with Gasteiger partial charge in [0.05, 0.1) is 0 Å². The highest BCUT2D eigenvalue weighted by Gasteiger charge is 2.60. The van der Waals surface area contributed by atoms with Gasteiger partial charge in [0.1, 0.15) is 6.10 Å². The van der Waals surface area contributed by atoms with Crippen molar-refractivity contribution in [3.63, 3.8) is 0 Å². The third kappa shape index (κ3) is 1.72. The number of hydrogen-bond donors (Lipinski definition) is 1. The van der Waals surface area contributed by atoms with Crippen LogP contribution in [0.15, 0.2) is 11.6 Å². The fourth-order valence-electron chi connectivity index (χ4n) is 6.49. The predicted molar refractivity (Wildman–Crippen MR) is 82.7 cm³/mol. The summed E-state index contributed by atoms with van der Waals surface area (Å²) in [4.78, 5) is 12.4. The number of Topliss-reactive ketones (excluding diaryl/α,β-unsaturated/α-hetero) is 1. The molecule has 0 bridgehead atoms. The van der Waals surface area contributed by atoms with Gasteiger partial charge in [0.25, 0.3) is 0 Å². The first kappa shape index (κ1) is 14.0. The third-order valence-electron chi connectivity index (χ3n) is 7.75. The Balaban J connectivity index is 1.71. The van der Waals surface area contributed by atoms with Crippen molar-refractivity contribution in [2.75, 3.05) is 0 Å². The van der Waals surface area contributed by atoms with Gasteiger partial charge in [-0.3, -0.25) is 4.79 Å². The lowest BCUT2D eigenvalue weighted by atomic mass is 9.48. The first-order valence-electron chi connectivity index (χ1n) is 8.89. The lowest BCUT2D eigenvalue weighted by Gasteiger charge is -2.56. The molecule has 3 fully saturated rings. The van der Waals surface area contributed by atoms with Crippen molar-refractivity contribution in [1.29, 1.82) is 0 Å². The zero-order valence-corrected chi connectivity index (χ0v) is 13.4. The van der Waals surface area contributed by atoms with E-state index in [1.54, 1.807) is 5.57 Å². The minimum atomic E-state index is -0.691. The van der Waals surface area contributed by atoms with Crippen molar-refractivity contribution in [2.24, 2.45) is 28.6 Å². The summed E-state index contributed by atoms with van der Waals surface area (Å²) in [7, 11) is 0. The summed E-state index contributed by atoms with van der Waals surface area (Å²) in [6, 6.07) is 0. The molecule has 0 saturated heterocycles. The maximum atomic E-state index is 12.4. The van der Waals surface area contributed by atoms with E-state index >= 15 is 0 Å². The average Bonchev–Trinajstić information content (AvgIpc) is 2.70. The molecule has 4 aliphatic rings. The van der Waals surface area contributed by atoms with E-state index in [0.29, 0.717) is 17.3 Å². The Bertz CT molecular complexity index is 508. The van der Waals surface area contributed by atoms with E-state index in [1.165, 1.54) is 32.1 Å². The van der Waals surface area contributed by atoms with Crippen LogP contribution in [0.25, 0.3) is 0 Å². The van der Waals surface area contributed by atoms with Gasteiger partial charge in [0, 0.05) is 5.41 Å². The molecule has 0 heterocycles. The van der Waals surface area contributed by atoms with Gasteiger partial charge in [-0.05, 0) is 68.1 Å². The normalized spacial score (nSPS) is 52.7. The minimum absolute atomic E-state index is 0.134. The second-order valence-electron chi connectivity index (χ2n) is 8.54. The lowest BCUT2D eigenvalue weighted by molar-refractivity contribution is -0.136. The van der Waals surface area contributed by atoms with Crippen LogP contribution in [0.5, 0.6) is 0 Å². The molecule has 2 nitrogen and oxygen atoms in total. The second-order valence-corrected chi connectivity index (χ2v) is 8.54. The maximum absolute atomic E-state index is 12.4. The van der Waals surface area contributed by atoms with Crippen molar-refractivity contribution in [3.8, 4) is 0 Å². The molecule has 0 radical (unpaired) electrons. The molecule has 4 aliphatic carbocycles. The van der Waals surface area contributed by atoms with Crippen molar-refractivity contribution < 1.29 is 9.90 Å². The summed E-state index contributed by atoms with van der Waals surface area (Å²) in [5.41, 5.74) is 1.86. The van der Waals surface area contributed by atoms with E-state index in [0.717, 1.165) is 25.2 Å². The van der Waals surface area contributed by atoms with Crippen LogP contribution in [-0.4, -0.2) is 17.0 Å². The molecule has 116 valence electrons. The molecule has 1 unspecified atom stereocenters. The standard InChI is InChI=1S/C19H28O2/c1-18-9-4-3-5-12(18)6-7-13-14(18)8-10-19(2)15(13)11-16(20)17(19)21/h6,13-16,20H,3-5,7-11H2,1-2H3/t13-,14-,15+,16?,18+,19+/m1/s1. The van der Waals surface area contributed by atoms with Crippen molar-refractivity contribution in [3.05, 3.63) is 11.6 Å². The Kier molecular flexibility index (Phi) is 2.96. The fourth-order valence-corrected chi connectivity index (χ4v) is 6.49. The quantitative estimate of drug-likeness (QED) is 0.687. The van der Waals surface area contributed by atoms with Gasteiger partial charge in [0.15, 0.2) is 5.78 Å². The molecular weight excluding hydrogens is 260 g/mol. The van der Waals surface area contributed by atoms with E-state index in [-0.39, 0.29) is 11.2 Å². The molecule has 21 heavy (non-hydrogen) atoms. The Hall–Kier alpha value is -0.630. The molecule has 0 aromatic carbocycles. The van der Waals surface area contributed by atoms with E-state index < -0.39 is 6.10 Å². The number of ketones is 1. The third-order valence-corrected chi connectivity index (χ3v) is 7.75. The molecule has 0 amide bonds. The number of aliphatic hydroxyl groups excluding tert-OH is 1. The molecule has 0 aliphatic heterocycles. The largest absolute Gasteiger partial charge is 0.385 e. The summed E-state index contributed by atoms with van der Waals surface area (Å²) >= 11 is 0. The number of carbonyl (C=O) groups is 1. The topological polar surface area (TPSA) is 37.3 Å². The first-order valence-corrected chi connectivity index (χ1v) is 8.89. The SMILES string of the molecule is C[C@]12CCCCC1=CC[C@@H]1[C@H]2CC[C@]2(C)C(=O)C(O)C[C@@H]12. The number of hydrogen-bond acceptors (Lipinski definition) is 2. The van der Waals surface area contributed by atoms with E-state index in [4.69, 9.17) is 0 Å². The molecule has 4 rings (SSSR count). The van der Waals surface area contributed by atoms with Crippen molar-refractivity contribution >= 4 is 5.78 Å². The van der Waals surface area contributed by atoms with Gasteiger partial charge in [-0.1, -0.05) is 31.9 Å². The number of fused-ring (bicyclic) bond motifs is 5. The highest BCUT2D eigenvalue weighted by molar-refractivity contribution is 5.91. The minimum Gasteiger partial charge on any atom is -0.385 e. The van der Waals surface area contributed by atoms with Crippen LogP contribution in [0.1, 0.15) is 65.2 Å². The predicted octanol–water partition coefficient (Wildman–Crippen LogP) is 3.88. The van der Waals surface area contributed by atoms with Crippen molar-refractivity contribution in [2.45, 2.75) is 71.3 Å². The highest BCUT2D eigenvalue weighted by Crippen LogP contribution is 2.63. The molecule has 3 saturated carbocycles. The zero-order chi connectivity index (χ0) is 14.8. The van der Waals surface area contributed by atoms with E-state index in [9.17, 15) is 9.90 Å². The molecule has 0 aromatic heterocycles. The summed E-state index contributed by atoms with van der Waals surface area (Å²) < 4.78 is 0. The fraction of sp³-hybridized carbons (Fsp3) is 0.842. The highest BCUT2D eigenvalue weighted by atomic mass is 16.3. The Morgan fingerprint density at radius 1 is 1.14 bits per heavy atom. The molecule has 0 spiro atoms. The Morgan fingerprint density at radius 3 is 2.76 bits per heavy atom. The Morgan fingerprint density at radius 2 is 1.95 bits per heavy atom. The molecular formula is C19H28O2. The van der Waals surface area contributed by atoms with Gasteiger partial charge in [-0.15, -0.1) is 0 Å². The Labute approximate surface area is 128 Å². The van der Waals surface area contributed by atoms with Gasteiger partial charge in [-0.2, -0.15) is 0 Å². The number of allylic oxidation sites excluding steroid dienone is 2. The second kappa shape index (κ2) is 4.44. The molecule has 0 aromatic rings. The zero-order valence-electron chi connectivity index (χ0n) is 13.4. The van der Waals surface area contributed by atoms with E-state index in [2.05, 4.69) is 19.9 Å². The smallest absolute Gasteiger partial charge is 0.167 e. The van der Waals surface area contributed by atoms with Crippen LogP contribution >= 0.6 is 0 Å². The summed E-state index contributed by atoms with van der Waals surface area (Å²) in [5.74, 6) is 1.91. The van der Waals surface area contributed by atoms with Crippen LogP contribution < -0.4 is 0 Å². The van der Waals surface area contributed by atoms with E-state index in [1.807, 2.05) is 0 Å².